The van der Waals surface area contributed by atoms with Crippen molar-refractivity contribution in [3.05, 3.63) is 25.1 Å². The lowest BCUT2D eigenvalue weighted by Gasteiger charge is -1.79. The van der Waals surface area contributed by atoms with E-state index in [1.807, 2.05) is 0 Å². The van der Waals surface area contributed by atoms with Gasteiger partial charge in [-0.25, -0.2) is 4.99 Å². The fourth-order valence-electron chi connectivity index (χ4n) is 0.148. The molecule has 0 heterocycles. The van der Waals surface area contributed by atoms with E-state index in [1.54, 1.807) is 0 Å². The van der Waals surface area contributed by atoms with E-state index in [4.69, 9.17) is 5.73 Å². The van der Waals surface area contributed by atoms with Crippen molar-refractivity contribution in [1.82, 2.24) is 0 Å². The third kappa shape index (κ3) is 4.95. The SMILES string of the molecule is C=CC=NC(=C)N. The molecule has 0 atom stereocenters. The Morgan fingerprint density at radius 2 is 2.29 bits per heavy atom. The van der Waals surface area contributed by atoms with Gasteiger partial charge in [0.25, 0.3) is 0 Å². The third-order valence-corrected chi connectivity index (χ3v) is 0.346. The number of allylic oxidation sites excluding steroid dienone is 1. The van der Waals surface area contributed by atoms with Crippen LogP contribution in [0, 0.1) is 0 Å². The Labute approximate surface area is 43.1 Å². The van der Waals surface area contributed by atoms with Crippen molar-refractivity contribution >= 4 is 6.21 Å². The first-order chi connectivity index (χ1) is 3.27. The molecular formula is C5H8N2. The van der Waals surface area contributed by atoms with Gasteiger partial charge in [0, 0.05) is 6.21 Å². The molecule has 0 radical (unpaired) electrons. The number of rotatable bonds is 2. The zero-order chi connectivity index (χ0) is 5.70. The van der Waals surface area contributed by atoms with E-state index >= 15 is 0 Å². The van der Waals surface area contributed by atoms with Crippen LogP contribution in [0.4, 0.5) is 0 Å². The zero-order valence-electron chi connectivity index (χ0n) is 4.09. The Bertz CT molecular complexity index is 103. The van der Waals surface area contributed by atoms with Gasteiger partial charge in [0.15, 0.2) is 0 Å². The lowest BCUT2D eigenvalue weighted by molar-refractivity contribution is 1.28. The van der Waals surface area contributed by atoms with Gasteiger partial charge in [-0.05, 0) is 0 Å². The summed E-state index contributed by atoms with van der Waals surface area (Å²) >= 11 is 0. The third-order valence-electron chi connectivity index (χ3n) is 0.346. The Morgan fingerprint density at radius 3 is 2.43 bits per heavy atom. The Hall–Kier alpha value is -1.05. The molecule has 0 rings (SSSR count). The van der Waals surface area contributed by atoms with E-state index in [-0.39, 0.29) is 0 Å². The zero-order valence-corrected chi connectivity index (χ0v) is 4.09. The molecule has 0 aliphatic rings. The number of nitrogens with two attached hydrogens (primary N) is 1. The largest absolute Gasteiger partial charge is 0.384 e. The van der Waals surface area contributed by atoms with Crippen LogP contribution in [0.2, 0.25) is 0 Å². The van der Waals surface area contributed by atoms with Crippen LogP contribution in [-0.4, -0.2) is 6.21 Å². The van der Waals surface area contributed by atoms with Crippen LogP contribution in [-0.2, 0) is 0 Å². The van der Waals surface area contributed by atoms with Gasteiger partial charge in [-0.15, -0.1) is 0 Å². The second-order valence-electron chi connectivity index (χ2n) is 1.01. The average Bonchev–Trinajstić information content (AvgIpc) is 1.61. The number of aliphatic imine (C=N–C) groups is 1. The highest BCUT2D eigenvalue weighted by atomic mass is 14.9. The molecule has 0 fully saturated rings. The summed E-state index contributed by atoms with van der Waals surface area (Å²) in [6.07, 6.45) is 3.03. The van der Waals surface area contributed by atoms with E-state index in [0.29, 0.717) is 5.82 Å². The number of hydrogen-bond donors (Lipinski definition) is 1. The predicted molar refractivity (Wildman–Crippen MR) is 32.0 cm³/mol. The normalized spacial score (nSPS) is 9.14. The highest BCUT2D eigenvalue weighted by Gasteiger charge is 1.65. The van der Waals surface area contributed by atoms with Crippen molar-refractivity contribution < 1.29 is 0 Å². The monoisotopic (exact) mass is 96.1 g/mol. The van der Waals surface area contributed by atoms with Gasteiger partial charge in [-0.2, -0.15) is 0 Å². The van der Waals surface area contributed by atoms with E-state index in [9.17, 15) is 0 Å². The molecular weight excluding hydrogens is 88.1 g/mol. The molecule has 0 aromatic carbocycles. The molecule has 0 aliphatic carbocycles. The number of hydrogen-bond acceptors (Lipinski definition) is 2. The Kier molecular flexibility index (Phi) is 2.68. The Balaban J connectivity index is 3.46. The summed E-state index contributed by atoms with van der Waals surface area (Å²) in [5.41, 5.74) is 5.04. The molecule has 2 N–H and O–H groups in total. The maximum absolute atomic E-state index is 5.04. The van der Waals surface area contributed by atoms with Crippen molar-refractivity contribution in [2.75, 3.05) is 0 Å². The highest BCUT2D eigenvalue weighted by Crippen LogP contribution is 1.73. The molecule has 0 spiro atoms. The predicted octanol–water partition coefficient (Wildman–Crippen LogP) is 0.673. The summed E-state index contributed by atoms with van der Waals surface area (Å²) < 4.78 is 0. The topological polar surface area (TPSA) is 38.4 Å². The summed E-state index contributed by atoms with van der Waals surface area (Å²) in [7, 11) is 0. The molecule has 0 bridgehead atoms. The van der Waals surface area contributed by atoms with Crippen LogP contribution in [0.3, 0.4) is 0 Å². The van der Waals surface area contributed by atoms with Crippen LogP contribution in [0.25, 0.3) is 0 Å². The first-order valence-electron chi connectivity index (χ1n) is 1.87. The summed E-state index contributed by atoms with van der Waals surface area (Å²) in [5.74, 6) is 0.305. The standard InChI is InChI=1S/C5H8N2/c1-3-4-7-5(2)6/h3-4H,1-2,6H2. The molecule has 0 aromatic heterocycles. The number of nitrogens with zero attached hydrogens (tertiary/aromatic N) is 1. The van der Waals surface area contributed by atoms with Gasteiger partial charge in [-0.3, -0.25) is 0 Å². The van der Waals surface area contributed by atoms with Crippen LogP contribution < -0.4 is 5.73 Å². The summed E-state index contributed by atoms with van der Waals surface area (Å²) in [5, 5.41) is 0. The van der Waals surface area contributed by atoms with Gasteiger partial charge < -0.3 is 5.73 Å². The molecule has 0 aliphatic heterocycles. The van der Waals surface area contributed by atoms with Gasteiger partial charge in [0.2, 0.25) is 0 Å². The van der Waals surface area contributed by atoms with Crippen molar-refractivity contribution in [1.29, 1.82) is 0 Å². The maximum Gasteiger partial charge on any atom is 0.115 e. The minimum Gasteiger partial charge on any atom is -0.384 e. The van der Waals surface area contributed by atoms with Crippen molar-refractivity contribution in [2.45, 2.75) is 0 Å². The minimum absolute atomic E-state index is 0.305. The van der Waals surface area contributed by atoms with Gasteiger partial charge in [0.05, 0.1) is 0 Å². The van der Waals surface area contributed by atoms with Gasteiger partial charge >= 0.3 is 0 Å². The van der Waals surface area contributed by atoms with Crippen LogP contribution >= 0.6 is 0 Å². The Morgan fingerprint density at radius 1 is 1.71 bits per heavy atom. The minimum atomic E-state index is 0.305. The summed E-state index contributed by atoms with van der Waals surface area (Å²) in [6.45, 7) is 6.71. The van der Waals surface area contributed by atoms with Crippen LogP contribution in [0.15, 0.2) is 30.0 Å². The van der Waals surface area contributed by atoms with E-state index in [0.717, 1.165) is 0 Å². The lowest BCUT2D eigenvalue weighted by atomic mass is 10.7. The fourth-order valence-corrected chi connectivity index (χ4v) is 0.148. The molecule has 38 valence electrons. The first-order valence-corrected chi connectivity index (χ1v) is 1.87. The van der Waals surface area contributed by atoms with Gasteiger partial charge in [-0.1, -0.05) is 19.2 Å². The summed E-state index contributed by atoms with van der Waals surface area (Å²) in [6, 6.07) is 0. The second-order valence-corrected chi connectivity index (χ2v) is 1.01. The second kappa shape index (κ2) is 3.15. The van der Waals surface area contributed by atoms with Gasteiger partial charge in [0.1, 0.15) is 5.82 Å². The smallest absolute Gasteiger partial charge is 0.115 e. The van der Waals surface area contributed by atoms with Crippen molar-refractivity contribution in [2.24, 2.45) is 10.7 Å². The van der Waals surface area contributed by atoms with Crippen LogP contribution in [0.5, 0.6) is 0 Å². The average molecular weight is 96.1 g/mol. The molecule has 0 saturated heterocycles. The van der Waals surface area contributed by atoms with E-state index in [2.05, 4.69) is 18.2 Å². The van der Waals surface area contributed by atoms with Crippen molar-refractivity contribution in [3.63, 3.8) is 0 Å². The lowest BCUT2D eigenvalue weighted by Crippen LogP contribution is -1.88. The highest BCUT2D eigenvalue weighted by molar-refractivity contribution is 5.70. The molecule has 0 saturated carbocycles. The van der Waals surface area contributed by atoms with Crippen LogP contribution in [0.1, 0.15) is 0 Å². The molecule has 0 unspecified atom stereocenters. The molecule has 2 nitrogen and oxygen atoms in total. The molecule has 0 aromatic rings. The molecule has 2 heteroatoms. The van der Waals surface area contributed by atoms with Crippen molar-refractivity contribution in [3.8, 4) is 0 Å². The molecule has 0 amide bonds. The van der Waals surface area contributed by atoms with E-state index < -0.39 is 0 Å². The summed E-state index contributed by atoms with van der Waals surface area (Å²) in [4.78, 5) is 3.58. The fraction of sp³-hybridized carbons (Fsp3) is 0. The molecule has 7 heavy (non-hydrogen) atoms. The first kappa shape index (κ1) is 5.95. The maximum atomic E-state index is 5.04. The quantitative estimate of drug-likeness (QED) is 0.504. The van der Waals surface area contributed by atoms with E-state index in [1.165, 1.54) is 12.3 Å².